The molecule has 1 aromatic rings. The normalized spacial score (nSPS) is 25.7. The van der Waals surface area contributed by atoms with Gasteiger partial charge in [-0.2, -0.15) is 0 Å². The van der Waals surface area contributed by atoms with Gasteiger partial charge in [-0.25, -0.2) is 0 Å². The van der Waals surface area contributed by atoms with E-state index in [9.17, 15) is 0 Å². The molecule has 1 saturated heterocycles. The van der Waals surface area contributed by atoms with Gasteiger partial charge < -0.3 is 5.32 Å². The fourth-order valence-electron chi connectivity index (χ4n) is 3.27. The van der Waals surface area contributed by atoms with Crippen LogP contribution in [-0.4, -0.2) is 30.6 Å². The number of hydrogen-bond acceptors (Lipinski definition) is 2. The Morgan fingerprint density at radius 2 is 1.95 bits per heavy atom. The minimum atomic E-state index is 0.440. The summed E-state index contributed by atoms with van der Waals surface area (Å²) >= 11 is 0. The summed E-state index contributed by atoms with van der Waals surface area (Å²) in [5.74, 6) is 0. The molecule has 3 atom stereocenters. The number of aryl methyl sites for hydroxylation is 1. The van der Waals surface area contributed by atoms with Gasteiger partial charge in [0.2, 0.25) is 0 Å². The third kappa shape index (κ3) is 3.37. The molecule has 1 N–H and O–H groups in total. The highest BCUT2D eigenvalue weighted by atomic mass is 15.2. The molecule has 2 nitrogen and oxygen atoms in total. The summed E-state index contributed by atoms with van der Waals surface area (Å²) in [6.45, 7) is 7.96. The number of nitrogens with one attached hydrogen (secondary N) is 1. The van der Waals surface area contributed by atoms with Crippen molar-refractivity contribution in [3.05, 3.63) is 35.4 Å². The van der Waals surface area contributed by atoms with Gasteiger partial charge in [-0.3, -0.25) is 4.90 Å². The highest BCUT2D eigenvalue weighted by Crippen LogP contribution is 2.28. The van der Waals surface area contributed by atoms with Crippen LogP contribution >= 0.6 is 0 Å². The fraction of sp³-hybridized carbons (Fsp3) is 0.647. The van der Waals surface area contributed by atoms with Crippen LogP contribution in [0.25, 0.3) is 0 Å². The highest BCUT2D eigenvalue weighted by molar-refractivity contribution is 5.24. The van der Waals surface area contributed by atoms with Crippen molar-refractivity contribution < 1.29 is 0 Å². The lowest BCUT2D eigenvalue weighted by molar-refractivity contribution is 0.179. The second kappa shape index (κ2) is 6.53. The van der Waals surface area contributed by atoms with E-state index in [-0.39, 0.29) is 0 Å². The van der Waals surface area contributed by atoms with Crippen LogP contribution in [0, 0.1) is 6.92 Å². The monoisotopic (exact) mass is 260 g/mol. The van der Waals surface area contributed by atoms with E-state index >= 15 is 0 Å². The van der Waals surface area contributed by atoms with Crippen molar-refractivity contribution in [3.63, 3.8) is 0 Å². The van der Waals surface area contributed by atoms with Gasteiger partial charge in [0.25, 0.3) is 0 Å². The number of nitrogens with zero attached hydrogens (tertiary/aromatic N) is 1. The maximum atomic E-state index is 3.49. The Labute approximate surface area is 118 Å². The SMILES string of the molecule is CCC1CCC(C)N1CC(NC)c1ccc(C)cc1. The molecular formula is C17H28N2. The molecule has 0 aliphatic carbocycles. The van der Waals surface area contributed by atoms with E-state index < -0.39 is 0 Å². The first-order valence-electron chi connectivity index (χ1n) is 7.65. The summed E-state index contributed by atoms with van der Waals surface area (Å²) in [5.41, 5.74) is 2.74. The highest BCUT2D eigenvalue weighted by Gasteiger charge is 2.30. The van der Waals surface area contributed by atoms with Crippen molar-refractivity contribution >= 4 is 0 Å². The first kappa shape index (κ1) is 14.5. The molecule has 106 valence electrons. The molecule has 1 fully saturated rings. The molecule has 1 aliphatic heterocycles. The largest absolute Gasteiger partial charge is 0.312 e. The zero-order valence-electron chi connectivity index (χ0n) is 12.8. The van der Waals surface area contributed by atoms with E-state index in [1.165, 1.54) is 30.4 Å². The standard InChI is InChI=1S/C17H28N2/c1-5-16-11-8-14(3)19(16)12-17(18-4)15-9-6-13(2)7-10-15/h6-7,9-10,14,16-18H,5,8,11-12H2,1-4H3. The second-order valence-corrected chi connectivity index (χ2v) is 5.94. The molecule has 0 aromatic heterocycles. The minimum Gasteiger partial charge on any atom is -0.312 e. The van der Waals surface area contributed by atoms with Crippen molar-refractivity contribution in [2.75, 3.05) is 13.6 Å². The average molecular weight is 260 g/mol. The van der Waals surface area contributed by atoms with E-state index in [2.05, 4.69) is 62.3 Å². The van der Waals surface area contributed by atoms with Crippen LogP contribution in [0.2, 0.25) is 0 Å². The van der Waals surface area contributed by atoms with Crippen molar-refractivity contribution in [2.24, 2.45) is 0 Å². The van der Waals surface area contributed by atoms with Gasteiger partial charge in [0.05, 0.1) is 0 Å². The van der Waals surface area contributed by atoms with Crippen LogP contribution in [-0.2, 0) is 0 Å². The number of hydrogen-bond donors (Lipinski definition) is 1. The third-order valence-electron chi connectivity index (χ3n) is 4.65. The first-order chi connectivity index (χ1) is 9.15. The lowest BCUT2D eigenvalue weighted by Gasteiger charge is -2.32. The van der Waals surface area contributed by atoms with Gasteiger partial charge in [0, 0.05) is 24.7 Å². The van der Waals surface area contributed by atoms with Crippen LogP contribution in [0.1, 0.15) is 50.3 Å². The molecule has 0 bridgehead atoms. The Morgan fingerprint density at radius 1 is 1.26 bits per heavy atom. The quantitative estimate of drug-likeness (QED) is 0.871. The predicted molar refractivity (Wildman–Crippen MR) is 82.5 cm³/mol. The lowest BCUT2D eigenvalue weighted by atomic mass is 10.0. The Balaban J connectivity index is 2.08. The lowest BCUT2D eigenvalue weighted by Crippen LogP contribution is -2.40. The Bertz CT molecular complexity index is 385. The van der Waals surface area contributed by atoms with E-state index in [0.29, 0.717) is 6.04 Å². The summed E-state index contributed by atoms with van der Waals surface area (Å²) in [5, 5.41) is 3.49. The van der Waals surface area contributed by atoms with Gasteiger partial charge >= 0.3 is 0 Å². The molecule has 3 unspecified atom stereocenters. The minimum absolute atomic E-state index is 0.440. The van der Waals surface area contributed by atoms with Crippen molar-refractivity contribution in [1.82, 2.24) is 10.2 Å². The summed E-state index contributed by atoms with van der Waals surface area (Å²) < 4.78 is 0. The van der Waals surface area contributed by atoms with Crippen LogP contribution in [0.5, 0.6) is 0 Å². The number of likely N-dealkylation sites (tertiary alicyclic amines) is 1. The van der Waals surface area contributed by atoms with Gasteiger partial charge in [0.1, 0.15) is 0 Å². The van der Waals surface area contributed by atoms with Crippen LogP contribution in [0.4, 0.5) is 0 Å². The summed E-state index contributed by atoms with van der Waals surface area (Å²) in [4.78, 5) is 2.70. The van der Waals surface area contributed by atoms with Gasteiger partial charge in [0.15, 0.2) is 0 Å². The van der Waals surface area contributed by atoms with Crippen LogP contribution in [0.15, 0.2) is 24.3 Å². The van der Waals surface area contributed by atoms with E-state index in [1.54, 1.807) is 0 Å². The predicted octanol–water partition coefficient (Wildman–Crippen LogP) is 3.52. The van der Waals surface area contributed by atoms with Gasteiger partial charge in [-0.1, -0.05) is 36.8 Å². The third-order valence-corrected chi connectivity index (χ3v) is 4.65. The average Bonchev–Trinajstić information content (AvgIpc) is 2.78. The Morgan fingerprint density at radius 3 is 2.53 bits per heavy atom. The maximum Gasteiger partial charge on any atom is 0.0447 e. The molecule has 0 amide bonds. The summed E-state index contributed by atoms with van der Waals surface area (Å²) in [6.07, 6.45) is 3.99. The van der Waals surface area contributed by atoms with Crippen molar-refractivity contribution in [2.45, 2.75) is 58.2 Å². The first-order valence-corrected chi connectivity index (χ1v) is 7.65. The summed E-state index contributed by atoms with van der Waals surface area (Å²) in [7, 11) is 2.08. The summed E-state index contributed by atoms with van der Waals surface area (Å²) in [6, 6.07) is 10.9. The molecule has 19 heavy (non-hydrogen) atoms. The van der Waals surface area contributed by atoms with Gasteiger partial charge in [-0.15, -0.1) is 0 Å². The molecule has 2 heteroatoms. The number of likely N-dealkylation sites (N-methyl/N-ethyl adjacent to an activating group) is 1. The molecule has 1 heterocycles. The zero-order valence-corrected chi connectivity index (χ0v) is 12.8. The smallest absolute Gasteiger partial charge is 0.0447 e. The number of benzene rings is 1. The molecule has 1 aliphatic rings. The van der Waals surface area contributed by atoms with Crippen molar-refractivity contribution in [3.8, 4) is 0 Å². The Kier molecular flexibility index (Phi) is 5.00. The molecule has 0 radical (unpaired) electrons. The number of rotatable bonds is 5. The molecular weight excluding hydrogens is 232 g/mol. The molecule has 2 rings (SSSR count). The van der Waals surface area contributed by atoms with E-state index in [1.807, 2.05) is 0 Å². The van der Waals surface area contributed by atoms with E-state index in [4.69, 9.17) is 0 Å². The van der Waals surface area contributed by atoms with Crippen LogP contribution in [0.3, 0.4) is 0 Å². The molecule has 0 saturated carbocycles. The fourth-order valence-corrected chi connectivity index (χ4v) is 3.27. The second-order valence-electron chi connectivity index (χ2n) is 5.94. The van der Waals surface area contributed by atoms with E-state index in [0.717, 1.165) is 18.6 Å². The topological polar surface area (TPSA) is 15.3 Å². The molecule has 1 aromatic carbocycles. The van der Waals surface area contributed by atoms with Crippen LogP contribution < -0.4 is 5.32 Å². The molecule has 0 spiro atoms. The zero-order chi connectivity index (χ0) is 13.8. The van der Waals surface area contributed by atoms with Crippen molar-refractivity contribution in [1.29, 1.82) is 0 Å². The Hall–Kier alpha value is -0.860. The maximum absolute atomic E-state index is 3.49. The van der Waals surface area contributed by atoms with Gasteiger partial charge in [-0.05, 0) is 45.7 Å².